The Balaban J connectivity index is 4.63. The number of amides is 1. The Morgan fingerprint density at radius 3 is 2.00 bits per heavy atom. The molecule has 4 heteroatoms. The van der Waals surface area contributed by atoms with Crippen molar-refractivity contribution >= 4 is 5.91 Å². The van der Waals surface area contributed by atoms with E-state index in [-0.39, 0.29) is 6.04 Å². The van der Waals surface area contributed by atoms with Crippen molar-refractivity contribution in [3.05, 3.63) is 0 Å². The molecule has 0 rings (SSSR count). The van der Waals surface area contributed by atoms with E-state index in [1.165, 1.54) is 0 Å². The van der Waals surface area contributed by atoms with Crippen molar-refractivity contribution in [1.29, 1.82) is 0 Å². The predicted molar refractivity (Wildman–Crippen MR) is 72.5 cm³/mol. The third-order valence-electron chi connectivity index (χ3n) is 3.09. The van der Waals surface area contributed by atoms with Crippen LogP contribution in [0.25, 0.3) is 0 Å². The summed E-state index contributed by atoms with van der Waals surface area (Å²) in [4.78, 5) is 13.6. The van der Waals surface area contributed by atoms with Crippen LogP contribution in [0.2, 0.25) is 0 Å². The van der Waals surface area contributed by atoms with Crippen LogP contribution in [0.1, 0.15) is 48.0 Å². The summed E-state index contributed by atoms with van der Waals surface area (Å²) in [6, 6.07) is 0.691. The van der Waals surface area contributed by atoms with Crippen molar-refractivity contribution in [2.24, 2.45) is 17.4 Å². The molecular weight excluding hydrogens is 214 g/mol. The van der Waals surface area contributed by atoms with Crippen molar-refractivity contribution in [2.45, 2.75) is 65.6 Å². The zero-order chi connectivity index (χ0) is 13.8. The van der Waals surface area contributed by atoms with Gasteiger partial charge in [-0.15, -0.1) is 0 Å². The molecule has 0 aromatic heterocycles. The Bertz CT molecular complexity index is 249. The van der Waals surface area contributed by atoms with Gasteiger partial charge in [-0.3, -0.25) is 9.69 Å². The van der Waals surface area contributed by atoms with Crippen molar-refractivity contribution in [2.75, 3.05) is 6.54 Å². The fourth-order valence-corrected chi connectivity index (χ4v) is 2.15. The third kappa shape index (κ3) is 5.50. The van der Waals surface area contributed by atoms with E-state index in [0.717, 1.165) is 6.54 Å². The number of rotatable bonds is 7. The summed E-state index contributed by atoms with van der Waals surface area (Å²) in [6.07, 6.45) is 0.591. The molecule has 4 nitrogen and oxygen atoms in total. The van der Waals surface area contributed by atoms with Crippen molar-refractivity contribution < 1.29 is 4.79 Å². The SMILES string of the molecule is CC(C)CN(C(C)C)C(C)CC(C)(N)C(N)=O. The summed E-state index contributed by atoms with van der Waals surface area (Å²) in [5.74, 6) is 0.162. The van der Waals surface area contributed by atoms with Crippen LogP contribution in [-0.2, 0) is 4.79 Å². The molecule has 0 saturated heterocycles. The smallest absolute Gasteiger partial charge is 0.237 e. The molecule has 102 valence electrons. The third-order valence-corrected chi connectivity index (χ3v) is 3.09. The second kappa shape index (κ2) is 6.36. The van der Waals surface area contributed by atoms with E-state index >= 15 is 0 Å². The van der Waals surface area contributed by atoms with Crippen LogP contribution >= 0.6 is 0 Å². The molecule has 0 fully saturated rings. The minimum atomic E-state index is -0.927. The van der Waals surface area contributed by atoms with Crippen LogP contribution in [0.3, 0.4) is 0 Å². The van der Waals surface area contributed by atoms with E-state index in [4.69, 9.17) is 11.5 Å². The second-order valence-electron chi connectivity index (χ2n) is 6.02. The Hall–Kier alpha value is -0.610. The first-order valence-corrected chi connectivity index (χ1v) is 6.42. The van der Waals surface area contributed by atoms with Crippen LogP contribution in [0.4, 0.5) is 0 Å². The van der Waals surface area contributed by atoms with Gasteiger partial charge in [-0.25, -0.2) is 0 Å². The van der Waals surface area contributed by atoms with E-state index in [1.807, 2.05) is 0 Å². The first kappa shape index (κ1) is 16.4. The van der Waals surface area contributed by atoms with E-state index in [1.54, 1.807) is 6.92 Å². The van der Waals surface area contributed by atoms with Crippen LogP contribution in [0.15, 0.2) is 0 Å². The van der Waals surface area contributed by atoms with E-state index in [0.29, 0.717) is 18.4 Å². The lowest BCUT2D eigenvalue weighted by molar-refractivity contribution is -0.123. The monoisotopic (exact) mass is 243 g/mol. The van der Waals surface area contributed by atoms with Gasteiger partial charge in [-0.05, 0) is 40.0 Å². The molecule has 0 aliphatic heterocycles. The van der Waals surface area contributed by atoms with Gasteiger partial charge in [0.15, 0.2) is 0 Å². The maximum atomic E-state index is 11.2. The topological polar surface area (TPSA) is 72.3 Å². The van der Waals surface area contributed by atoms with E-state index in [9.17, 15) is 4.79 Å². The summed E-state index contributed by atoms with van der Waals surface area (Å²) in [7, 11) is 0. The van der Waals surface area contributed by atoms with Crippen LogP contribution < -0.4 is 11.5 Å². The highest BCUT2D eigenvalue weighted by Crippen LogP contribution is 2.17. The summed E-state index contributed by atoms with van der Waals surface area (Å²) in [5, 5.41) is 0. The summed E-state index contributed by atoms with van der Waals surface area (Å²) in [6.45, 7) is 13.5. The maximum Gasteiger partial charge on any atom is 0.237 e. The maximum absolute atomic E-state index is 11.2. The molecular formula is C13H29N3O. The van der Waals surface area contributed by atoms with Gasteiger partial charge < -0.3 is 11.5 Å². The number of carbonyl (C=O) groups is 1. The molecule has 0 spiro atoms. The molecule has 0 heterocycles. The summed E-state index contributed by atoms with van der Waals surface area (Å²) >= 11 is 0. The first-order valence-electron chi connectivity index (χ1n) is 6.42. The van der Waals surface area contributed by atoms with Gasteiger partial charge in [0.2, 0.25) is 5.91 Å². The fourth-order valence-electron chi connectivity index (χ4n) is 2.15. The molecule has 2 atom stereocenters. The summed E-state index contributed by atoms with van der Waals surface area (Å²) < 4.78 is 0. The highest BCUT2D eigenvalue weighted by atomic mass is 16.1. The zero-order valence-electron chi connectivity index (χ0n) is 12.2. The number of nitrogens with two attached hydrogens (primary N) is 2. The average molecular weight is 243 g/mol. The quantitative estimate of drug-likeness (QED) is 0.708. The number of hydrogen-bond acceptors (Lipinski definition) is 3. The minimum absolute atomic E-state index is 0.250. The van der Waals surface area contributed by atoms with Crippen LogP contribution in [0.5, 0.6) is 0 Å². The number of hydrogen-bond donors (Lipinski definition) is 2. The Labute approximate surface area is 106 Å². The lowest BCUT2D eigenvalue weighted by Crippen LogP contribution is -2.54. The molecule has 0 bridgehead atoms. The molecule has 1 amide bonds. The lowest BCUT2D eigenvalue weighted by Gasteiger charge is -2.37. The van der Waals surface area contributed by atoms with Gasteiger partial charge in [0.25, 0.3) is 0 Å². The molecule has 0 aromatic carbocycles. The molecule has 0 aliphatic carbocycles. The number of carbonyl (C=O) groups excluding carboxylic acids is 1. The Morgan fingerprint density at radius 1 is 1.24 bits per heavy atom. The Morgan fingerprint density at radius 2 is 1.71 bits per heavy atom. The molecule has 2 unspecified atom stereocenters. The lowest BCUT2D eigenvalue weighted by atomic mass is 9.92. The van der Waals surface area contributed by atoms with Crippen molar-refractivity contribution in [3.8, 4) is 0 Å². The fraction of sp³-hybridized carbons (Fsp3) is 0.923. The molecule has 4 N–H and O–H groups in total. The minimum Gasteiger partial charge on any atom is -0.368 e. The van der Waals surface area contributed by atoms with Gasteiger partial charge in [-0.2, -0.15) is 0 Å². The van der Waals surface area contributed by atoms with Crippen LogP contribution in [0, 0.1) is 5.92 Å². The van der Waals surface area contributed by atoms with E-state index in [2.05, 4.69) is 39.5 Å². The molecule has 0 radical (unpaired) electrons. The number of primary amides is 1. The molecule has 0 aromatic rings. The van der Waals surface area contributed by atoms with Gasteiger partial charge in [-0.1, -0.05) is 13.8 Å². The molecule has 0 aliphatic rings. The van der Waals surface area contributed by atoms with Crippen molar-refractivity contribution in [1.82, 2.24) is 4.90 Å². The highest BCUT2D eigenvalue weighted by Gasteiger charge is 2.31. The number of nitrogens with zero attached hydrogens (tertiary/aromatic N) is 1. The van der Waals surface area contributed by atoms with Gasteiger partial charge >= 0.3 is 0 Å². The standard InChI is InChI=1S/C13H29N3O/c1-9(2)8-16(10(3)4)11(5)7-13(6,15)12(14)17/h9-11H,7-8,15H2,1-6H3,(H2,14,17). The second-order valence-corrected chi connectivity index (χ2v) is 6.02. The van der Waals surface area contributed by atoms with Gasteiger partial charge in [0.05, 0.1) is 5.54 Å². The van der Waals surface area contributed by atoms with E-state index < -0.39 is 11.4 Å². The highest BCUT2D eigenvalue weighted by molar-refractivity contribution is 5.83. The first-order chi connectivity index (χ1) is 7.58. The predicted octanol–water partition coefficient (Wildman–Crippen LogP) is 1.33. The molecule has 0 saturated carbocycles. The van der Waals surface area contributed by atoms with Gasteiger partial charge in [0.1, 0.15) is 0 Å². The van der Waals surface area contributed by atoms with Gasteiger partial charge in [0, 0.05) is 18.6 Å². The normalized spacial score (nSPS) is 17.5. The molecule has 17 heavy (non-hydrogen) atoms. The average Bonchev–Trinajstić information content (AvgIpc) is 2.12. The van der Waals surface area contributed by atoms with Crippen molar-refractivity contribution in [3.63, 3.8) is 0 Å². The zero-order valence-corrected chi connectivity index (χ0v) is 12.2. The Kier molecular flexibility index (Phi) is 6.13. The van der Waals surface area contributed by atoms with Crippen LogP contribution in [-0.4, -0.2) is 35.0 Å². The largest absolute Gasteiger partial charge is 0.368 e. The summed E-state index contributed by atoms with van der Waals surface area (Å²) in [5.41, 5.74) is 10.3.